The molecule has 2 unspecified atom stereocenters. The van der Waals surface area contributed by atoms with Crippen LogP contribution in [0.15, 0.2) is 0 Å². The van der Waals surface area contributed by atoms with Crippen molar-refractivity contribution >= 4 is 5.91 Å². The van der Waals surface area contributed by atoms with Gasteiger partial charge < -0.3 is 15.4 Å². The van der Waals surface area contributed by atoms with E-state index in [0.29, 0.717) is 13.0 Å². The first kappa shape index (κ1) is 13.3. The zero-order chi connectivity index (χ0) is 12.1. The number of rotatable bonds is 5. The minimum Gasteiger partial charge on any atom is -0.378 e. The van der Waals surface area contributed by atoms with Crippen LogP contribution in [0.25, 0.3) is 0 Å². The lowest BCUT2D eigenvalue weighted by Crippen LogP contribution is -2.42. The van der Waals surface area contributed by atoms with Crippen LogP contribution in [0, 0.1) is 5.92 Å². The third-order valence-electron chi connectivity index (χ3n) is 2.62. The number of hydrogen-bond acceptors (Lipinski definition) is 3. The summed E-state index contributed by atoms with van der Waals surface area (Å²) in [4.78, 5) is 13.0. The Bertz CT molecular complexity index is 239. The van der Waals surface area contributed by atoms with Crippen molar-refractivity contribution in [3.05, 3.63) is 0 Å². The van der Waals surface area contributed by atoms with Crippen LogP contribution in [0.4, 0.5) is 8.78 Å². The highest BCUT2D eigenvalue weighted by Crippen LogP contribution is 2.21. The van der Waals surface area contributed by atoms with Crippen molar-refractivity contribution in [1.82, 2.24) is 4.90 Å². The smallest absolute Gasteiger partial charge is 0.255 e. The van der Waals surface area contributed by atoms with Crippen LogP contribution in [-0.4, -0.2) is 49.6 Å². The van der Waals surface area contributed by atoms with Crippen molar-refractivity contribution in [1.29, 1.82) is 0 Å². The summed E-state index contributed by atoms with van der Waals surface area (Å²) >= 11 is 0. The van der Waals surface area contributed by atoms with Gasteiger partial charge in [-0.15, -0.1) is 0 Å². The van der Waals surface area contributed by atoms with E-state index in [1.807, 2.05) is 6.92 Å². The Labute approximate surface area is 93.7 Å². The molecule has 2 N–H and O–H groups in total. The molecular formula is C10H18F2N2O2. The van der Waals surface area contributed by atoms with Crippen LogP contribution in [0.1, 0.15) is 13.3 Å². The highest BCUT2D eigenvalue weighted by atomic mass is 19.3. The van der Waals surface area contributed by atoms with Gasteiger partial charge in [0.25, 0.3) is 6.43 Å². The molecule has 0 aromatic carbocycles. The molecule has 1 rings (SSSR count). The highest BCUT2D eigenvalue weighted by molar-refractivity contribution is 5.79. The monoisotopic (exact) mass is 236 g/mol. The molecule has 0 aliphatic carbocycles. The average molecular weight is 236 g/mol. The number of carbonyl (C=O) groups is 1. The van der Waals surface area contributed by atoms with Crippen LogP contribution >= 0.6 is 0 Å². The summed E-state index contributed by atoms with van der Waals surface area (Å²) < 4.78 is 29.8. The Hall–Kier alpha value is -0.750. The van der Waals surface area contributed by atoms with Gasteiger partial charge in [0.15, 0.2) is 0 Å². The van der Waals surface area contributed by atoms with Gasteiger partial charge in [-0.25, -0.2) is 8.78 Å². The maximum atomic E-state index is 12.3. The Balaban J connectivity index is 2.52. The third-order valence-corrected chi connectivity index (χ3v) is 2.62. The molecule has 2 atom stereocenters. The second-order valence-corrected chi connectivity index (χ2v) is 4.04. The average Bonchev–Trinajstić information content (AvgIpc) is 2.62. The number of nitrogens with zero attached hydrogens (tertiary/aromatic N) is 1. The van der Waals surface area contributed by atoms with Crippen LogP contribution in [0.2, 0.25) is 0 Å². The number of carbonyl (C=O) groups excluding carboxylic acids is 1. The molecule has 1 aliphatic rings. The second-order valence-electron chi connectivity index (χ2n) is 4.04. The molecule has 1 heterocycles. The largest absolute Gasteiger partial charge is 0.378 e. The van der Waals surface area contributed by atoms with Crippen molar-refractivity contribution < 1.29 is 18.3 Å². The number of ether oxygens (including phenoxy) is 1. The SMILES string of the molecule is CC1CC(C(=O)N(CCN)CC(F)F)CO1. The van der Waals surface area contributed by atoms with Gasteiger partial charge in [-0.1, -0.05) is 0 Å². The van der Waals surface area contributed by atoms with E-state index >= 15 is 0 Å². The fourth-order valence-corrected chi connectivity index (χ4v) is 1.86. The van der Waals surface area contributed by atoms with Gasteiger partial charge in [-0.2, -0.15) is 0 Å². The Morgan fingerprint density at radius 2 is 2.31 bits per heavy atom. The zero-order valence-electron chi connectivity index (χ0n) is 9.36. The molecule has 0 spiro atoms. The number of hydrogen-bond donors (Lipinski definition) is 1. The number of amides is 1. The van der Waals surface area contributed by atoms with Crippen molar-refractivity contribution in [2.24, 2.45) is 11.7 Å². The molecule has 0 bridgehead atoms. The quantitative estimate of drug-likeness (QED) is 0.754. The lowest BCUT2D eigenvalue weighted by molar-refractivity contribution is -0.137. The Kier molecular flexibility index (Phi) is 5.08. The van der Waals surface area contributed by atoms with Crippen molar-refractivity contribution in [3.8, 4) is 0 Å². The second kappa shape index (κ2) is 6.10. The number of alkyl halides is 2. The van der Waals surface area contributed by atoms with Crippen molar-refractivity contribution in [2.75, 3.05) is 26.2 Å². The molecule has 16 heavy (non-hydrogen) atoms. The summed E-state index contributed by atoms with van der Waals surface area (Å²) in [6, 6.07) is 0. The summed E-state index contributed by atoms with van der Waals surface area (Å²) in [5, 5.41) is 0. The molecule has 4 nitrogen and oxygen atoms in total. The minimum atomic E-state index is -2.52. The summed E-state index contributed by atoms with van der Waals surface area (Å²) in [6.45, 7) is 2.02. The number of nitrogens with two attached hydrogens (primary N) is 1. The normalized spacial score (nSPS) is 25.1. The Morgan fingerprint density at radius 3 is 2.75 bits per heavy atom. The standard InChI is InChI=1S/C10H18F2N2O2/c1-7-4-8(6-16-7)10(15)14(3-2-13)5-9(11)12/h7-9H,2-6,13H2,1H3. The molecule has 1 amide bonds. The van der Waals surface area contributed by atoms with Gasteiger partial charge in [-0.05, 0) is 13.3 Å². The molecule has 0 saturated carbocycles. The molecule has 1 fully saturated rings. The first-order chi connectivity index (χ1) is 7.54. The lowest BCUT2D eigenvalue weighted by Gasteiger charge is -2.24. The minimum absolute atomic E-state index is 0.0280. The summed E-state index contributed by atoms with van der Waals surface area (Å²) in [7, 11) is 0. The van der Waals surface area contributed by atoms with Gasteiger partial charge in [0.05, 0.1) is 25.2 Å². The van der Waals surface area contributed by atoms with Crippen LogP contribution < -0.4 is 5.73 Å². The third kappa shape index (κ3) is 3.68. The zero-order valence-corrected chi connectivity index (χ0v) is 9.36. The van der Waals surface area contributed by atoms with E-state index < -0.39 is 13.0 Å². The van der Waals surface area contributed by atoms with Crippen molar-refractivity contribution in [3.63, 3.8) is 0 Å². The van der Waals surface area contributed by atoms with E-state index in [-0.39, 0.29) is 31.0 Å². The molecule has 1 aliphatic heterocycles. The fraction of sp³-hybridized carbons (Fsp3) is 0.900. The van der Waals surface area contributed by atoms with Gasteiger partial charge in [0.2, 0.25) is 5.91 Å². The number of halogens is 2. The van der Waals surface area contributed by atoms with E-state index in [2.05, 4.69) is 0 Å². The van der Waals surface area contributed by atoms with Gasteiger partial charge in [0, 0.05) is 13.1 Å². The topological polar surface area (TPSA) is 55.6 Å². The first-order valence-corrected chi connectivity index (χ1v) is 5.43. The van der Waals surface area contributed by atoms with Crippen LogP contribution in [0.5, 0.6) is 0 Å². The van der Waals surface area contributed by atoms with E-state index in [9.17, 15) is 13.6 Å². The fourth-order valence-electron chi connectivity index (χ4n) is 1.86. The van der Waals surface area contributed by atoms with E-state index in [4.69, 9.17) is 10.5 Å². The van der Waals surface area contributed by atoms with E-state index in [1.54, 1.807) is 0 Å². The van der Waals surface area contributed by atoms with E-state index in [1.165, 1.54) is 0 Å². The summed E-state index contributed by atoms with van der Waals surface area (Å²) in [5.41, 5.74) is 5.30. The lowest BCUT2D eigenvalue weighted by atomic mass is 10.0. The summed E-state index contributed by atoms with van der Waals surface area (Å²) in [6.07, 6.45) is -1.89. The molecule has 1 saturated heterocycles. The maximum absolute atomic E-state index is 12.3. The van der Waals surface area contributed by atoms with E-state index in [0.717, 1.165) is 4.90 Å². The maximum Gasteiger partial charge on any atom is 0.255 e. The molecule has 0 aromatic heterocycles. The Morgan fingerprint density at radius 1 is 1.62 bits per heavy atom. The summed E-state index contributed by atoms with van der Waals surface area (Å²) in [5.74, 6) is -0.560. The highest BCUT2D eigenvalue weighted by Gasteiger charge is 2.32. The predicted molar refractivity (Wildman–Crippen MR) is 55.2 cm³/mol. The molecule has 0 radical (unpaired) electrons. The predicted octanol–water partition coefficient (Wildman–Crippen LogP) is 0.464. The molecular weight excluding hydrogens is 218 g/mol. The van der Waals surface area contributed by atoms with Gasteiger partial charge >= 0.3 is 0 Å². The molecule has 94 valence electrons. The van der Waals surface area contributed by atoms with Crippen LogP contribution in [0.3, 0.4) is 0 Å². The molecule has 6 heteroatoms. The first-order valence-electron chi connectivity index (χ1n) is 5.43. The molecule has 0 aromatic rings. The van der Waals surface area contributed by atoms with Crippen molar-refractivity contribution in [2.45, 2.75) is 25.9 Å². The van der Waals surface area contributed by atoms with Gasteiger partial charge in [-0.3, -0.25) is 4.79 Å². The van der Waals surface area contributed by atoms with Gasteiger partial charge in [0.1, 0.15) is 0 Å². The van der Waals surface area contributed by atoms with Crippen LogP contribution in [-0.2, 0) is 9.53 Å².